The first-order valence-electron chi connectivity index (χ1n) is 6.80. The van der Waals surface area contributed by atoms with E-state index in [1.807, 2.05) is 32.0 Å². The second kappa shape index (κ2) is 6.80. The number of furan rings is 1. The number of nitrogens with one attached hydrogen (secondary N) is 2. The lowest BCUT2D eigenvalue weighted by molar-refractivity contribution is -0.123. The lowest BCUT2D eigenvalue weighted by Crippen LogP contribution is -2.43. The standard InChI is InChI=1S/C16H18N2O4/c1-10-6-11(2)8-13(7-10)22-9-14(19)17-18-16(20)15-12(3)4-5-21-15/h4-8H,9H2,1-3H3,(H,17,19)(H,18,20). The zero-order chi connectivity index (χ0) is 16.1. The number of hydrogen-bond donors (Lipinski definition) is 2. The van der Waals surface area contributed by atoms with Crippen molar-refractivity contribution in [2.45, 2.75) is 20.8 Å². The van der Waals surface area contributed by atoms with Crippen LogP contribution < -0.4 is 15.6 Å². The number of ether oxygens (including phenoxy) is 1. The van der Waals surface area contributed by atoms with E-state index in [9.17, 15) is 9.59 Å². The van der Waals surface area contributed by atoms with E-state index in [-0.39, 0.29) is 12.4 Å². The minimum Gasteiger partial charge on any atom is -0.484 e. The lowest BCUT2D eigenvalue weighted by atomic mass is 10.1. The Hall–Kier alpha value is -2.76. The monoisotopic (exact) mass is 302 g/mol. The highest BCUT2D eigenvalue weighted by Crippen LogP contribution is 2.15. The Morgan fingerprint density at radius 2 is 1.77 bits per heavy atom. The minimum atomic E-state index is -0.512. The maximum atomic E-state index is 11.7. The van der Waals surface area contributed by atoms with Gasteiger partial charge in [0.2, 0.25) is 0 Å². The van der Waals surface area contributed by atoms with E-state index in [2.05, 4.69) is 10.9 Å². The minimum absolute atomic E-state index is 0.163. The topological polar surface area (TPSA) is 80.6 Å². The zero-order valence-electron chi connectivity index (χ0n) is 12.7. The smallest absolute Gasteiger partial charge is 0.305 e. The van der Waals surface area contributed by atoms with Crippen molar-refractivity contribution in [3.8, 4) is 5.75 Å². The molecule has 0 saturated heterocycles. The van der Waals surface area contributed by atoms with E-state index < -0.39 is 11.8 Å². The molecule has 0 aliphatic carbocycles. The van der Waals surface area contributed by atoms with Crippen molar-refractivity contribution in [3.63, 3.8) is 0 Å². The number of carbonyl (C=O) groups excluding carboxylic acids is 2. The van der Waals surface area contributed by atoms with Crippen LogP contribution in [0.2, 0.25) is 0 Å². The molecule has 22 heavy (non-hydrogen) atoms. The van der Waals surface area contributed by atoms with E-state index in [1.165, 1.54) is 6.26 Å². The van der Waals surface area contributed by atoms with Gasteiger partial charge in [-0.15, -0.1) is 0 Å². The van der Waals surface area contributed by atoms with Crippen molar-refractivity contribution in [1.29, 1.82) is 0 Å². The fraction of sp³-hybridized carbons (Fsp3) is 0.250. The van der Waals surface area contributed by atoms with Crippen LogP contribution in [-0.4, -0.2) is 18.4 Å². The summed E-state index contributed by atoms with van der Waals surface area (Å²) in [7, 11) is 0. The van der Waals surface area contributed by atoms with Crippen molar-refractivity contribution < 1.29 is 18.7 Å². The molecule has 6 heteroatoms. The van der Waals surface area contributed by atoms with Gasteiger partial charge in [0.1, 0.15) is 5.75 Å². The molecule has 0 aliphatic heterocycles. The molecule has 0 fully saturated rings. The van der Waals surface area contributed by atoms with Gasteiger partial charge in [-0.3, -0.25) is 20.4 Å². The highest BCUT2D eigenvalue weighted by Gasteiger charge is 2.13. The lowest BCUT2D eigenvalue weighted by Gasteiger charge is -2.09. The van der Waals surface area contributed by atoms with Gasteiger partial charge in [-0.05, 0) is 50.1 Å². The van der Waals surface area contributed by atoms with Gasteiger partial charge in [0.25, 0.3) is 5.91 Å². The number of hydrazine groups is 1. The SMILES string of the molecule is Cc1cc(C)cc(OCC(=O)NNC(=O)c2occc2C)c1. The van der Waals surface area contributed by atoms with Crippen LogP contribution in [0.15, 0.2) is 34.9 Å². The molecule has 0 saturated carbocycles. The van der Waals surface area contributed by atoms with Gasteiger partial charge in [0.05, 0.1) is 6.26 Å². The number of amides is 2. The van der Waals surface area contributed by atoms with Crippen molar-refractivity contribution in [2.75, 3.05) is 6.61 Å². The summed E-state index contributed by atoms with van der Waals surface area (Å²) >= 11 is 0. The molecule has 6 nitrogen and oxygen atoms in total. The highest BCUT2D eigenvalue weighted by atomic mass is 16.5. The average molecular weight is 302 g/mol. The molecule has 2 aromatic rings. The summed E-state index contributed by atoms with van der Waals surface area (Å²) in [5.74, 6) is -0.199. The van der Waals surface area contributed by atoms with Crippen LogP contribution in [0.3, 0.4) is 0 Å². The second-order valence-electron chi connectivity index (χ2n) is 5.05. The molecule has 2 N–H and O–H groups in total. The Kier molecular flexibility index (Phi) is 4.83. The number of aryl methyl sites for hydroxylation is 3. The summed E-state index contributed by atoms with van der Waals surface area (Å²) in [6.07, 6.45) is 1.41. The quantitative estimate of drug-likeness (QED) is 0.847. The molecule has 116 valence electrons. The Morgan fingerprint density at radius 1 is 1.09 bits per heavy atom. The molecular formula is C16H18N2O4. The van der Waals surface area contributed by atoms with Crippen molar-refractivity contribution in [2.24, 2.45) is 0 Å². The van der Waals surface area contributed by atoms with Crippen LogP contribution in [0.1, 0.15) is 27.2 Å². The second-order valence-corrected chi connectivity index (χ2v) is 5.05. The summed E-state index contributed by atoms with van der Waals surface area (Å²) in [5.41, 5.74) is 7.34. The summed E-state index contributed by atoms with van der Waals surface area (Å²) in [6.45, 7) is 5.45. The third kappa shape index (κ3) is 4.12. The van der Waals surface area contributed by atoms with E-state index in [4.69, 9.17) is 9.15 Å². The maximum Gasteiger partial charge on any atom is 0.305 e. The fourth-order valence-corrected chi connectivity index (χ4v) is 1.99. The zero-order valence-corrected chi connectivity index (χ0v) is 12.7. The number of carbonyl (C=O) groups is 2. The van der Waals surface area contributed by atoms with E-state index in [0.717, 1.165) is 11.1 Å². The molecule has 2 rings (SSSR count). The van der Waals surface area contributed by atoms with Crippen molar-refractivity contribution in [1.82, 2.24) is 10.9 Å². The molecule has 1 aromatic heterocycles. The van der Waals surface area contributed by atoms with E-state index >= 15 is 0 Å². The first-order valence-corrected chi connectivity index (χ1v) is 6.80. The van der Waals surface area contributed by atoms with Gasteiger partial charge in [-0.2, -0.15) is 0 Å². The number of hydrogen-bond acceptors (Lipinski definition) is 4. The Morgan fingerprint density at radius 3 is 2.36 bits per heavy atom. The molecule has 1 aromatic carbocycles. The van der Waals surface area contributed by atoms with Crippen LogP contribution in [0.5, 0.6) is 5.75 Å². The maximum absolute atomic E-state index is 11.7. The molecule has 0 unspecified atom stereocenters. The molecular weight excluding hydrogens is 284 g/mol. The van der Waals surface area contributed by atoms with Crippen LogP contribution in [0.25, 0.3) is 0 Å². The Balaban J connectivity index is 1.81. The number of rotatable bonds is 4. The molecule has 2 amide bonds. The van der Waals surface area contributed by atoms with Gasteiger partial charge in [0.15, 0.2) is 12.4 Å². The molecule has 0 atom stereocenters. The summed E-state index contributed by atoms with van der Waals surface area (Å²) in [5, 5.41) is 0. The third-order valence-electron chi connectivity index (χ3n) is 2.95. The van der Waals surface area contributed by atoms with Gasteiger partial charge in [-0.1, -0.05) is 6.07 Å². The summed E-state index contributed by atoms with van der Waals surface area (Å²) in [4.78, 5) is 23.4. The molecule has 0 aliphatic rings. The molecule has 0 spiro atoms. The predicted octanol–water partition coefficient (Wildman–Crippen LogP) is 2.04. The summed E-state index contributed by atoms with van der Waals surface area (Å²) in [6, 6.07) is 7.36. The Labute approximate surface area is 128 Å². The van der Waals surface area contributed by atoms with Crippen molar-refractivity contribution >= 4 is 11.8 Å². The van der Waals surface area contributed by atoms with Gasteiger partial charge in [0, 0.05) is 5.56 Å². The molecule has 0 radical (unpaired) electrons. The normalized spacial score (nSPS) is 10.1. The Bertz CT molecular complexity index is 671. The van der Waals surface area contributed by atoms with Gasteiger partial charge < -0.3 is 9.15 Å². The largest absolute Gasteiger partial charge is 0.484 e. The van der Waals surface area contributed by atoms with Gasteiger partial charge in [-0.25, -0.2) is 0 Å². The first-order chi connectivity index (χ1) is 10.5. The van der Waals surface area contributed by atoms with Crippen LogP contribution >= 0.6 is 0 Å². The first kappa shape index (κ1) is 15.6. The van der Waals surface area contributed by atoms with Crippen LogP contribution in [0, 0.1) is 20.8 Å². The fourth-order valence-electron chi connectivity index (χ4n) is 1.99. The average Bonchev–Trinajstić information content (AvgIpc) is 2.88. The number of benzene rings is 1. The summed E-state index contributed by atoms with van der Waals surface area (Å²) < 4.78 is 10.4. The van der Waals surface area contributed by atoms with E-state index in [1.54, 1.807) is 13.0 Å². The molecule has 1 heterocycles. The van der Waals surface area contributed by atoms with Crippen LogP contribution in [-0.2, 0) is 4.79 Å². The van der Waals surface area contributed by atoms with Gasteiger partial charge >= 0.3 is 5.91 Å². The third-order valence-corrected chi connectivity index (χ3v) is 2.95. The van der Waals surface area contributed by atoms with Crippen LogP contribution in [0.4, 0.5) is 0 Å². The highest BCUT2D eigenvalue weighted by molar-refractivity contribution is 5.94. The van der Waals surface area contributed by atoms with Crippen molar-refractivity contribution in [3.05, 3.63) is 53.0 Å². The molecule has 0 bridgehead atoms. The predicted molar refractivity (Wildman–Crippen MR) is 80.5 cm³/mol. The van der Waals surface area contributed by atoms with E-state index in [0.29, 0.717) is 11.3 Å².